The number of hydrogen-bond donors (Lipinski definition) is 0. The van der Waals surface area contributed by atoms with Gasteiger partial charge >= 0.3 is 0 Å². The summed E-state index contributed by atoms with van der Waals surface area (Å²) < 4.78 is 6.07. The zero-order valence-corrected chi connectivity index (χ0v) is 9.08. The van der Waals surface area contributed by atoms with Gasteiger partial charge in [0.2, 0.25) is 0 Å². The molecule has 0 aliphatic heterocycles. The Morgan fingerprint density at radius 3 is 2.71 bits per heavy atom. The van der Waals surface area contributed by atoms with Crippen LogP contribution in [0.3, 0.4) is 0 Å². The molecule has 70 valence electrons. The number of hydrogen-bond acceptors (Lipinski definition) is 3. The van der Waals surface area contributed by atoms with Gasteiger partial charge in [-0.1, -0.05) is 15.9 Å². The molecular weight excluding hydrogens is 244 g/mol. The summed E-state index contributed by atoms with van der Waals surface area (Å²) in [5.74, 6) is 0.427. The minimum absolute atomic E-state index is 0.426. The maximum atomic E-state index is 8.77. The lowest BCUT2D eigenvalue weighted by atomic mass is 10.2. The fraction of sp³-hybridized carbons (Fsp3) is 0.200. The minimum atomic E-state index is -0.559. The van der Waals surface area contributed by atoms with Crippen molar-refractivity contribution in [3.05, 3.63) is 28.2 Å². The molecule has 1 aromatic rings. The quantitative estimate of drug-likeness (QED) is 0.811. The molecule has 1 atom stereocenters. The lowest BCUT2D eigenvalue weighted by Crippen LogP contribution is -2.09. The third-order valence-corrected chi connectivity index (χ3v) is 2.04. The third-order valence-electron chi connectivity index (χ3n) is 1.55. The van der Waals surface area contributed by atoms with Crippen LogP contribution in [-0.4, -0.2) is 6.10 Å². The van der Waals surface area contributed by atoms with Crippen LogP contribution in [-0.2, 0) is 0 Å². The molecular formula is C10H7BrN2O. The molecule has 0 saturated heterocycles. The number of benzene rings is 1. The van der Waals surface area contributed by atoms with Crippen molar-refractivity contribution >= 4 is 15.9 Å². The maximum Gasteiger partial charge on any atom is 0.181 e. The molecule has 1 rings (SSSR count). The molecule has 0 radical (unpaired) electrons. The van der Waals surface area contributed by atoms with Gasteiger partial charge in [0.05, 0.1) is 5.56 Å². The zero-order valence-electron chi connectivity index (χ0n) is 7.49. The van der Waals surface area contributed by atoms with Crippen molar-refractivity contribution in [2.75, 3.05) is 0 Å². The predicted octanol–water partition coefficient (Wildman–Crippen LogP) is 2.61. The highest BCUT2D eigenvalue weighted by molar-refractivity contribution is 9.10. The number of rotatable bonds is 2. The highest BCUT2D eigenvalue weighted by atomic mass is 79.9. The largest absolute Gasteiger partial charge is 0.474 e. The molecule has 0 aliphatic carbocycles. The van der Waals surface area contributed by atoms with E-state index in [1.54, 1.807) is 25.1 Å². The van der Waals surface area contributed by atoms with E-state index < -0.39 is 6.10 Å². The monoisotopic (exact) mass is 250 g/mol. The predicted molar refractivity (Wildman–Crippen MR) is 54.6 cm³/mol. The van der Waals surface area contributed by atoms with E-state index in [1.165, 1.54) is 0 Å². The zero-order chi connectivity index (χ0) is 10.6. The summed E-state index contributed by atoms with van der Waals surface area (Å²) in [6.07, 6.45) is -0.559. The maximum absolute atomic E-state index is 8.77. The number of nitrogens with zero attached hydrogens (tertiary/aromatic N) is 2. The fourth-order valence-electron chi connectivity index (χ4n) is 0.903. The van der Waals surface area contributed by atoms with Crippen LogP contribution >= 0.6 is 15.9 Å². The Labute approximate surface area is 90.7 Å². The van der Waals surface area contributed by atoms with Crippen molar-refractivity contribution in [3.63, 3.8) is 0 Å². The highest BCUT2D eigenvalue weighted by Crippen LogP contribution is 2.23. The molecule has 4 heteroatoms. The van der Waals surface area contributed by atoms with Crippen molar-refractivity contribution in [2.24, 2.45) is 0 Å². The molecule has 3 nitrogen and oxygen atoms in total. The van der Waals surface area contributed by atoms with E-state index >= 15 is 0 Å². The van der Waals surface area contributed by atoms with E-state index in [4.69, 9.17) is 15.3 Å². The first-order chi connectivity index (χ1) is 6.67. The van der Waals surface area contributed by atoms with Crippen molar-refractivity contribution in [3.8, 4) is 17.9 Å². The summed E-state index contributed by atoms with van der Waals surface area (Å²) in [5.41, 5.74) is 0.426. The lowest BCUT2D eigenvalue weighted by Gasteiger charge is -2.09. The molecule has 0 N–H and O–H groups in total. The van der Waals surface area contributed by atoms with Crippen LogP contribution in [0.25, 0.3) is 0 Å². The SMILES string of the molecule is CC(C#N)Oc1cc(Br)ccc1C#N. The summed E-state index contributed by atoms with van der Waals surface area (Å²) in [4.78, 5) is 0. The van der Waals surface area contributed by atoms with Gasteiger partial charge in [-0.2, -0.15) is 10.5 Å². The summed E-state index contributed by atoms with van der Waals surface area (Å²) >= 11 is 3.27. The Balaban J connectivity index is 3.02. The van der Waals surface area contributed by atoms with E-state index in [2.05, 4.69) is 15.9 Å². The van der Waals surface area contributed by atoms with E-state index in [-0.39, 0.29) is 0 Å². The molecule has 0 spiro atoms. The molecule has 14 heavy (non-hydrogen) atoms. The first kappa shape index (κ1) is 10.6. The molecule has 0 heterocycles. The van der Waals surface area contributed by atoms with E-state index in [9.17, 15) is 0 Å². The highest BCUT2D eigenvalue weighted by Gasteiger charge is 2.07. The number of ether oxygens (including phenoxy) is 1. The Morgan fingerprint density at radius 2 is 2.14 bits per heavy atom. The Morgan fingerprint density at radius 1 is 1.43 bits per heavy atom. The summed E-state index contributed by atoms with van der Waals surface area (Å²) in [5, 5.41) is 17.3. The van der Waals surface area contributed by atoms with Crippen LogP contribution in [0.5, 0.6) is 5.75 Å². The van der Waals surface area contributed by atoms with Gasteiger partial charge in [-0.25, -0.2) is 0 Å². The standard InChI is InChI=1S/C10H7BrN2O/c1-7(5-12)14-10-4-9(11)3-2-8(10)6-13/h2-4,7H,1H3. The van der Waals surface area contributed by atoms with Gasteiger partial charge in [-0.15, -0.1) is 0 Å². The second-order valence-electron chi connectivity index (χ2n) is 2.64. The molecule has 1 unspecified atom stereocenters. The van der Waals surface area contributed by atoms with Crippen molar-refractivity contribution in [1.29, 1.82) is 10.5 Å². The van der Waals surface area contributed by atoms with Crippen LogP contribution in [0.1, 0.15) is 12.5 Å². The normalized spacial score (nSPS) is 11.1. The van der Waals surface area contributed by atoms with Gasteiger partial charge in [-0.05, 0) is 25.1 Å². The molecule has 0 fully saturated rings. The first-order valence-electron chi connectivity index (χ1n) is 3.93. The number of halogens is 1. The van der Waals surface area contributed by atoms with E-state index in [1.807, 2.05) is 12.1 Å². The van der Waals surface area contributed by atoms with Gasteiger partial charge < -0.3 is 4.74 Å². The van der Waals surface area contributed by atoms with Gasteiger partial charge in [0, 0.05) is 4.47 Å². The Bertz CT molecular complexity index is 417. The average Bonchev–Trinajstić information content (AvgIpc) is 2.18. The molecule has 1 aromatic carbocycles. The summed E-state index contributed by atoms with van der Waals surface area (Å²) in [7, 11) is 0. The molecule has 0 saturated carbocycles. The lowest BCUT2D eigenvalue weighted by molar-refractivity contribution is 0.275. The fourth-order valence-corrected chi connectivity index (χ4v) is 1.24. The Hall–Kier alpha value is -1.52. The van der Waals surface area contributed by atoms with Crippen LogP contribution in [0.2, 0.25) is 0 Å². The molecule has 0 aromatic heterocycles. The summed E-state index contributed by atoms with van der Waals surface area (Å²) in [6.45, 7) is 1.63. The van der Waals surface area contributed by atoms with Crippen LogP contribution in [0, 0.1) is 22.7 Å². The third kappa shape index (κ3) is 2.48. The minimum Gasteiger partial charge on any atom is -0.474 e. The first-order valence-corrected chi connectivity index (χ1v) is 4.72. The average molecular weight is 251 g/mol. The van der Waals surface area contributed by atoms with Gasteiger partial charge in [0.1, 0.15) is 17.9 Å². The Kier molecular flexibility index (Phi) is 3.50. The van der Waals surface area contributed by atoms with Gasteiger partial charge in [-0.3, -0.25) is 0 Å². The smallest absolute Gasteiger partial charge is 0.181 e. The van der Waals surface area contributed by atoms with Gasteiger partial charge in [0.15, 0.2) is 6.10 Å². The van der Waals surface area contributed by atoms with E-state index in [0.29, 0.717) is 11.3 Å². The van der Waals surface area contributed by atoms with Crippen molar-refractivity contribution in [2.45, 2.75) is 13.0 Å². The van der Waals surface area contributed by atoms with Crippen molar-refractivity contribution < 1.29 is 4.74 Å². The second-order valence-corrected chi connectivity index (χ2v) is 3.56. The van der Waals surface area contributed by atoms with Gasteiger partial charge in [0.25, 0.3) is 0 Å². The second kappa shape index (κ2) is 4.64. The molecule has 0 amide bonds. The van der Waals surface area contributed by atoms with Crippen molar-refractivity contribution in [1.82, 2.24) is 0 Å². The number of nitriles is 2. The van der Waals surface area contributed by atoms with Crippen LogP contribution < -0.4 is 4.74 Å². The van der Waals surface area contributed by atoms with E-state index in [0.717, 1.165) is 4.47 Å². The van der Waals surface area contributed by atoms with Crippen LogP contribution in [0.4, 0.5) is 0 Å². The topological polar surface area (TPSA) is 56.8 Å². The molecule has 0 bridgehead atoms. The molecule has 0 aliphatic rings. The van der Waals surface area contributed by atoms with Crippen LogP contribution in [0.15, 0.2) is 22.7 Å². The summed E-state index contributed by atoms with van der Waals surface area (Å²) in [6, 6.07) is 9.00.